The van der Waals surface area contributed by atoms with E-state index in [4.69, 9.17) is 4.42 Å². The third kappa shape index (κ3) is 4.75. The van der Waals surface area contributed by atoms with Crippen LogP contribution in [0.5, 0.6) is 0 Å². The normalized spacial score (nSPS) is 11.8. The molecule has 53 heavy (non-hydrogen) atoms. The zero-order valence-electron chi connectivity index (χ0n) is 28.8. The molecular formula is C50H32N2O. The van der Waals surface area contributed by atoms with Gasteiger partial charge in [0.05, 0.1) is 16.7 Å². The van der Waals surface area contributed by atoms with Crippen LogP contribution in [-0.2, 0) is 0 Å². The van der Waals surface area contributed by atoms with E-state index in [9.17, 15) is 0 Å². The Hall–Kier alpha value is -7.10. The maximum absolute atomic E-state index is 6.62. The number of anilines is 3. The Labute approximate surface area is 306 Å². The van der Waals surface area contributed by atoms with E-state index in [0.717, 1.165) is 50.2 Å². The van der Waals surface area contributed by atoms with E-state index in [2.05, 4.69) is 204 Å². The maximum atomic E-state index is 6.62. The molecule has 0 atom stereocenters. The summed E-state index contributed by atoms with van der Waals surface area (Å²) in [4.78, 5) is 2.39. The summed E-state index contributed by atoms with van der Waals surface area (Å²) in [6.45, 7) is 0. The molecule has 0 aliphatic rings. The van der Waals surface area contributed by atoms with E-state index in [1.165, 1.54) is 49.0 Å². The molecule has 248 valence electrons. The predicted molar refractivity (Wildman–Crippen MR) is 223 cm³/mol. The van der Waals surface area contributed by atoms with Crippen molar-refractivity contribution in [2.75, 3.05) is 4.90 Å². The second-order valence-corrected chi connectivity index (χ2v) is 13.8. The van der Waals surface area contributed by atoms with Crippen LogP contribution < -0.4 is 4.90 Å². The lowest BCUT2D eigenvalue weighted by atomic mass is 10.0. The molecule has 0 unspecified atom stereocenters. The Morgan fingerprint density at radius 3 is 1.85 bits per heavy atom. The van der Waals surface area contributed by atoms with Crippen LogP contribution in [0.1, 0.15) is 0 Å². The van der Waals surface area contributed by atoms with Gasteiger partial charge in [-0.1, -0.05) is 121 Å². The summed E-state index contributed by atoms with van der Waals surface area (Å²) in [7, 11) is 0. The van der Waals surface area contributed by atoms with Crippen molar-refractivity contribution < 1.29 is 4.42 Å². The second kappa shape index (κ2) is 11.7. The van der Waals surface area contributed by atoms with Crippen LogP contribution in [0.25, 0.3) is 82.1 Å². The smallest absolute Gasteiger partial charge is 0.137 e. The molecule has 9 aromatic carbocycles. The summed E-state index contributed by atoms with van der Waals surface area (Å²) < 4.78 is 9.03. The van der Waals surface area contributed by atoms with Gasteiger partial charge in [-0.2, -0.15) is 0 Å². The van der Waals surface area contributed by atoms with Gasteiger partial charge in [-0.15, -0.1) is 0 Å². The Kier molecular flexibility index (Phi) is 6.55. The van der Waals surface area contributed by atoms with Crippen LogP contribution in [-0.4, -0.2) is 4.57 Å². The average Bonchev–Trinajstić information content (AvgIpc) is 3.75. The van der Waals surface area contributed by atoms with Crippen LogP contribution in [0.3, 0.4) is 0 Å². The molecule has 0 aliphatic heterocycles. The van der Waals surface area contributed by atoms with Crippen LogP contribution in [0.15, 0.2) is 199 Å². The fourth-order valence-electron chi connectivity index (χ4n) is 8.23. The van der Waals surface area contributed by atoms with E-state index >= 15 is 0 Å². The predicted octanol–water partition coefficient (Wildman–Crippen LogP) is 14.1. The van der Waals surface area contributed by atoms with Gasteiger partial charge in [0.15, 0.2) is 0 Å². The van der Waals surface area contributed by atoms with Crippen molar-refractivity contribution in [1.29, 1.82) is 0 Å². The van der Waals surface area contributed by atoms with Gasteiger partial charge in [0, 0.05) is 44.7 Å². The molecule has 0 aliphatic carbocycles. The number of fused-ring (bicyclic) bond motifs is 8. The highest BCUT2D eigenvalue weighted by atomic mass is 16.3. The van der Waals surface area contributed by atoms with Gasteiger partial charge in [0.2, 0.25) is 0 Å². The fraction of sp³-hybridized carbons (Fsp3) is 0. The molecule has 0 saturated heterocycles. The minimum atomic E-state index is 0.865. The molecule has 0 amide bonds. The lowest BCUT2D eigenvalue weighted by molar-refractivity contribution is 0.669. The summed E-state index contributed by atoms with van der Waals surface area (Å²) in [5.41, 5.74) is 10.8. The standard InChI is InChI=1S/C50H32N2O/c1-2-11-33(12-3-1)35-21-24-39(25-22-35)51(41-27-28-42-44-30-37-15-6-7-16-38(37)31-48(44)53-49(42)32-41)46-19-10-20-47-50(46)43-17-8-9-18-45(43)52(47)40-26-23-34-13-4-5-14-36(34)29-40/h1-32H. The monoisotopic (exact) mass is 676 g/mol. The lowest BCUT2D eigenvalue weighted by Crippen LogP contribution is -2.10. The maximum Gasteiger partial charge on any atom is 0.137 e. The van der Waals surface area contributed by atoms with E-state index in [1.807, 2.05) is 0 Å². The first-order valence-corrected chi connectivity index (χ1v) is 18.1. The first-order chi connectivity index (χ1) is 26.3. The quantitative estimate of drug-likeness (QED) is 0.181. The van der Waals surface area contributed by atoms with Gasteiger partial charge in [-0.05, 0) is 99.4 Å². The SMILES string of the molecule is c1ccc(-c2ccc(N(c3ccc4c(c3)oc3cc5ccccc5cc34)c3cccc4c3c3ccccc3n4-c3ccc4ccccc4c3)cc2)cc1. The average molecular weight is 677 g/mol. The second-order valence-electron chi connectivity index (χ2n) is 13.8. The number of para-hydroxylation sites is 1. The highest BCUT2D eigenvalue weighted by Crippen LogP contribution is 2.45. The van der Waals surface area contributed by atoms with E-state index in [0.29, 0.717) is 0 Å². The molecule has 0 bridgehead atoms. The first-order valence-electron chi connectivity index (χ1n) is 18.1. The molecule has 2 aromatic heterocycles. The summed E-state index contributed by atoms with van der Waals surface area (Å²) in [6.07, 6.45) is 0. The van der Waals surface area contributed by atoms with E-state index in [-0.39, 0.29) is 0 Å². The Morgan fingerprint density at radius 1 is 0.377 bits per heavy atom. The van der Waals surface area contributed by atoms with Gasteiger partial charge < -0.3 is 13.9 Å². The number of rotatable bonds is 5. The lowest BCUT2D eigenvalue weighted by Gasteiger charge is -2.27. The number of nitrogens with zero attached hydrogens (tertiary/aromatic N) is 2. The largest absolute Gasteiger partial charge is 0.456 e. The van der Waals surface area contributed by atoms with Gasteiger partial charge in [-0.25, -0.2) is 0 Å². The van der Waals surface area contributed by atoms with Crippen LogP contribution in [0, 0.1) is 0 Å². The van der Waals surface area contributed by atoms with Crippen molar-refractivity contribution in [2.24, 2.45) is 0 Å². The molecule has 0 saturated carbocycles. The van der Waals surface area contributed by atoms with Crippen LogP contribution in [0.4, 0.5) is 17.1 Å². The zero-order valence-corrected chi connectivity index (χ0v) is 28.8. The van der Waals surface area contributed by atoms with Crippen molar-refractivity contribution in [3.05, 3.63) is 194 Å². The van der Waals surface area contributed by atoms with E-state index in [1.54, 1.807) is 0 Å². The summed E-state index contributed by atoms with van der Waals surface area (Å²) >= 11 is 0. The molecular weight excluding hydrogens is 645 g/mol. The Balaban J connectivity index is 1.16. The topological polar surface area (TPSA) is 21.3 Å². The van der Waals surface area contributed by atoms with Gasteiger partial charge in [0.25, 0.3) is 0 Å². The van der Waals surface area contributed by atoms with E-state index < -0.39 is 0 Å². The molecule has 0 fully saturated rings. The molecule has 3 heteroatoms. The van der Waals surface area contributed by atoms with Crippen molar-refractivity contribution in [2.45, 2.75) is 0 Å². The third-order valence-corrected chi connectivity index (χ3v) is 10.7. The van der Waals surface area contributed by atoms with Crippen molar-refractivity contribution >= 4 is 82.4 Å². The minimum Gasteiger partial charge on any atom is -0.456 e. The molecule has 0 radical (unpaired) electrons. The zero-order chi connectivity index (χ0) is 34.9. The highest BCUT2D eigenvalue weighted by molar-refractivity contribution is 6.17. The Morgan fingerprint density at radius 2 is 1.02 bits per heavy atom. The van der Waals surface area contributed by atoms with Crippen LogP contribution >= 0.6 is 0 Å². The molecule has 0 N–H and O–H groups in total. The van der Waals surface area contributed by atoms with Gasteiger partial charge in [-0.3, -0.25) is 0 Å². The van der Waals surface area contributed by atoms with Crippen LogP contribution in [0.2, 0.25) is 0 Å². The number of aromatic nitrogens is 1. The van der Waals surface area contributed by atoms with Crippen molar-refractivity contribution in [3.63, 3.8) is 0 Å². The summed E-state index contributed by atoms with van der Waals surface area (Å²) in [5, 5.41) is 9.48. The molecule has 0 spiro atoms. The van der Waals surface area contributed by atoms with Gasteiger partial charge in [0.1, 0.15) is 11.2 Å². The van der Waals surface area contributed by atoms with Gasteiger partial charge >= 0.3 is 0 Å². The first kappa shape index (κ1) is 29.6. The summed E-state index contributed by atoms with van der Waals surface area (Å²) in [6, 6.07) is 69.8. The number of furan rings is 1. The summed E-state index contributed by atoms with van der Waals surface area (Å²) in [5.74, 6) is 0. The number of hydrogen-bond donors (Lipinski definition) is 0. The number of hydrogen-bond acceptors (Lipinski definition) is 2. The molecule has 11 aromatic rings. The fourth-order valence-corrected chi connectivity index (χ4v) is 8.23. The number of benzene rings is 9. The molecule has 11 rings (SSSR count). The van der Waals surface area contributed by atoms with Crippen molar-refractivity contribution in [1.82, 2.24) is 4.57 Å². The highest BCUT2D eigenvalue weighted by Gasteiger charge is 2.22. The van der Waals surface area contributed by atoms with Crippen molar-refractivity contribution in [3.8, 4) is 16.8 Å². The molecule has 2 heterocycles. The Bertz CT molecular complexity index is 3170. The third-order valence-electron chi connectivity index (χ3n) is 10.7. The molecule has 3 nitrogen and oxygen atoms in total. The minimum absolute atomic E-state index is 0.865.